The third-order valence-corrected chi connectivity index (χ3v) is 6.34. The summed E-state index contributed by atoms with van der Waals surface area (Å²) in [6.07, 6.45) is -4.78. The molecule has 1 N–H and O–H groups in total. The van der Waals surface area contributed by atoms with E-state index in [4.69, 9.17) is 4.84 Å². The fraction of sp³-hybridized carbons (Fsp3) is 0.478. The highest BCUT2D eigenvalue weighted by Gasteiger charge is 2.38. The van der Waals surface area contributed by atoms with Gasteiger partial charge in [0, 0.05) is 37.2 Å². The molecule has 2 aliphatic heterocycles. The fourth-order valence-corrected chi connectivity index (χ4v) is 4.43. The summed E-state index contributed by atoms with van der Waals surface area (Å²) in [5.74, 6) is -2.35. The lowest BCUT2D eigenvalue weighted by Crippen LogP contribution is -2.45. The Kier molecular flexibility index (Phi) is 7.13. The summed E-state index contributed by atoms with van der Waals surface area (Å²) < 4.78 is 59.0. The zero-order valence-corrected chi connectivity index (χ0v) is 20.3. The molecule has 3 amide bonds. The van der Waals surface area contributed by atoms with Gasteiger partial charge in [0.15, 0.2) is 0 Å². The lowest BCUT2D eigenvalue weighted by Gasteiger charge is -2.33. The van der Waals surface area contributed by atoms with E-state index in [2.05, 4.69) is 15.2 Å². The van der Waals surface area contributed by atoms with Crippen LogP contribution in [0.2, 0.25) is 0 Å². The zero-order chi connectivity index (χ0) is 27.1. The summed E-state index contributed by atoms with van der Waals surface area (Å²) in [4.78, 5) is 44.7. The number of hydroxylamine groups is 2. The van der Waals surface area contributed by atoms with Crippen molar-refractivity contribution >= 4 is 23.6 Å². The number of benzene rings is 1. The van der Waals surface area contributed by atoms with E-state index >= 15 is 0 Å². The van der Waals surface area contributed by atoms with Crippen molar-refractivity contribution < 1.29 is 41.5 Å². The minimum absolute atomic E-state index is 0.0304. The Morgan fingerprint density at radius 2 is 2.03 bits per heavy atom. The number of hydrogen-bond donors (Lipinski definition) is 1. The average molecular weight is 527 g/mol. The highest BCUT2D eigenvalue weighted by molar-refractivity contribution is 5.94. The largest absolute Gasteiger partial charge is 0.469 e. The summed E-state index contributed by atoms with van der Waals surface area (Å²) in [5.41, 5.74) is -0.371. The van der Waals surface area contributed by atoms with Gasteiger partial charge in [0.05, 0.1) is 31.5 Å². The molecule has 0 saturated heterocycles. The van der Waals surface area contributed by atoms with Gasteiger partial charge in [0.25, 0.3) is 5.91 Å². The maximum absolute atomic E-state index is 13.6. The minimum atomic E-state index is -4.92. The molecule has 3 heterocycles. The van der Waals surface area contributed by atoms with Gasteiger partial charge in [-0.25, -0.2) is 14.2 Å². The van der Waals surface area contributed by atoms with E-state index < -0.39 is 47.6 Å². The van der Waals surface area contributed by atoms with Crippen molar-refractivity contribution in [3.05, 3.63) is 46.5 Å². The number of rotatable bonds is 4. The van der Waals surface area contributed by atoms with Crippen LogP contribution in [0.3, 0.4) is 0 Å². The lowest BCUT2D eigenvalue weighted by atomic mass is 9.99. The van der Waals surface area contributed by atoms with Crippen LogP contribution < -0.4 is 5.32 Å². The molecule has 0 bridgehead atoms. The lowest BCUT2D eigenvalue weighted by molar-refractivity contribution is -0.156. The van der Waals surface area contributed by atoms with E-state index in [1.807, 2.05) is 0 Å². The van der Waals surface area contributed by atoms with Crippen LogP contribution >= 0.6 is 0 Å². The summed E-state index contributed by atoms with van der Waals surface area (Å²) in [7, 11) is 2.71. The molecular weight excluding hydrogens is 502 g/mol. The fourth-order valence-electron chi connectivity index (χ4n) is 4.43. The van der Waals surface area contributed by atoms with E-state index in [0.717, 1.165) is 11.1 Å². The van der Waals surface area contributed by atoms with Gasteiger partial charge in [-0.3, -0.25) is 19.1 Å². The molecule has 37 heavy (non-hydrogen) atoms. The molecule has 14 heteroatoms. The predicted octanol–water partition coefficient (Wildman–Crippen LogP) is 3.36. The van der Waals surface area contributed by atoms with E-state index in [0.29, 0.717) is 29.8 Å². The first-order chi connectivity index (χ1) is 17.4. The molecule has 2 atom stereocenters. The van der Waals surface area contributed by atoms with Gasteiger partial charge in [-0.1, -0.05) is 0 Å². The quantitative estimate of drug-likeness (QED) is 0.483. The standard InChI is InChI=1S/C23H25F4N5O5/c1-12-8-18-15(11-31(12)22(35)28-13-4-6-17(24)16(9-13)23(25,26)27)20-21(34)30(2)37-14(10-32(20)29-18)5-7-19(33)36-3/h4,6,9,12,14H,5,7-8,10-11H2,1-3H3,(H,28,35)/t12-,14+/m1/s1. The number of halogens is 4. The van der Waals surface area contributed by atoms with Crippen molar-refractivity contribution in [1.82, 2.24) is 19.7 Å². The van der Waals surface area contributed by atoms with E-state index in [9.17, 15) is 31.9 Å². The van der Waals surface area contributed by atoms with Crippen LogP contribution in [0, 0.1) is 5.82 Å². The predicted molar refractivity (Wildman–Crippen MR) is 120 cm³/mol. The molecule has 1 aromatic heterocycles. The Hall–Kier alpha value is -3.68. The number of alkyl halides is 3. The highest BCUT2D eigenvalue weighted by atomic mass is 19.4. The number of urea groups is 1. The molecule has 0 fully saturated rings. The van der Waals surface area contributed by atoms with Crippen molar-refractivity contribution in [3.8, 4) is 0 Å². The van der Waals surface area contributed by atoms with Crippen LogP contribution in [0.5, 0.6) is 0 Å². The van der Waals surface area contributed by atoms with Crippen LogP contribution in [0.15, 0.2) is 18.2 Å². The molecule has 2 aliphatic rings. The van der Waals surface area contributed by atoms with Crippen molar-refractivity contribution in [1.29, 1.82) is 0 Å². The second-order valence-corrected chi connectivity index (χ2v) is 8.90. The van der Waals surface area contributed by atoms with Crippen LogP contribution in [0.4, 0.5) is 28.0 Å². The topological polar surface area (TPSA) is 106 Å². The van der Waals surface area contributed by atoms with E-state index in [1.54, 1.807) is 6.92 Å². The number of carbonyl (C=O) groups is 3. The summed E-state index contributed by atoms with van der Waals surface area (Å²) >= 11 is 0. The van der Waals surface area contributed by atoms with E-state index in [-0.39, 0.29) is 37.3 Å². The number of hydrogen-bond acceptors (Lipinski definition) is 6. The second kappa shape index (κ2) is 10.00. The molecule has 0 unspecified atom stereocenters. The number of carbonyl (C=O) groups excluding carboxylic acids is 3. The number of esters is 1. The van der Waals surface area contributed by atoms with E-state index in [1.165, 1.54) is 23.7 Å². The number of fused-ring (bicyclic) bond motifs is 3. The van der Waals surface area contributed by atoms with Crippen molar-refractivity contribution in [2.45, 2.75) is 57.6 Å². The van der Waals surface area contributed by atoms with Gasteiger partial charge in [-0.05, 0) is 31.5 Å². The van der Waals surface area contributed by atoms with Crippen LogP contribution in [0.25, 0.3) is 0 Å². The highest BCUT2D eigenvalue weighted by Crippen LogP contribution is 2.34. The Balaban J connectivity index is 1.56. The molecule has 200 valence electrons. The Morgan fingerprint density at radius 3 is 2.70 bits per heavy atom. The molecule has 0 spiro atoms. The van der Waals surface area contributed by atoms with Crippen LogP contribution in [-0.2, 0) is 40.1 Å². The number of methoxy groups -OCH3 is 1. The first-order valence-corrected chi connectivity index (χ1v) is 11.4. The third-order valence-electron chi connectivity index (χ3n) is 6.34. The monoisotopic (exact) mass is 527 g/mol. The van der Waals surface area contributed by atoms with Crippen molar-refractivity contribution in [2.24, 2.45) is 0 Å². The molecule has 10 nitrogen and oxygen atoms in total. The smallest absolute Gasteiger partial charge is 0.419 e. The maximum atomic E-state index is 13.6. The van der Waals surface area contributed by atoms with Crippen molar-refractivity contribution in [2.75, 3.05) is 19.5 Å². The number of nitrogens with one attached hydrogen (secondary N) is 1. The van der Waals surface area contributed by atoms with Crippen molar-refractivity contribution in [3.63, 3.8) is 0 Å². The van der Waals surface area contributed by atoms with Crippen LogP contribution in [0.1, 0.15) is 47.1 Å². The molecule has 1 aromatic carbocycles. The molecule has 0 radical (unpaired) electrons. The number of anilines is 1. The zero-order valence-electron chi connectivity index (χ0n) is 20.3. The summed E-state index contributed by atoms with van der Waals surface area (Å²) in [6.45, 7) is 1.90. The summed E-state index contributed by atoms with van der Waals surface area (Å²) in [6, 6.07) is 1.11. The van der Waals surface area contributed by atoms with Gasteiger partial charge in [0.1, 0.15) is 17.6 Å². The number of ether oxygens (including phenoxy) is 1. The second-order valence-electron chi connectivity index (χ2n) is 8.90. The SMILES string of the molecule is COC(=O)CC[C@H]1Cn2nc3c(c2C(=O)N(C)O1)CN(C(=O)Nc1ccc(F)c(C(F)(F)F)c1)[C@H](C)C3. The van der Waals surface area contributed by atoms with Crippen LogP contribution in [-0.4, -0.2) is 64.0 Å². The molecular formula is C23H25F4N5O5. The van der Waals surface area contributed by atoms with Gasteiger partial charge in [-0.15, -0.1) is 0 Å². The summed E-state index contributed by atoms with van der Waals surface area (Å²) in [5, 5.41) is 8.00. The van der Waals surface area contributed by atoms with Gasteiger partial charge < -0.3 is 15.0 Å². The number of nitrogens with zero attached hydrogens (tertiary/aromatic N) is 4. The molecule has 0 saturated carbocycles. The molecule has 4 rings (SSSR count). The maximum Gasteiger partial charge on any atom is 0.419 e. The van der Waals surface area contributed by atoms with Gasteiger partial charge in [-0.2, -0.15) is 18.3 Å². The Morgan fingerprint density at radius 1 is 1.30 bits per heavy atom. The minimum Gasteiger partial charge on any atom is -0.469 e. The molecule has 2 aromatic rings. The molecule has 0 aliphatic carbocycles. The third kappa shape index (κ3) is 5.38. The average Bonchev–Trinajstić information content (AvgIpc) is 3.12. The van der Waals surface area contributed by atoms with Gasteiger partial charge >= 0.3 is 18.2 Å². The Bertz CT molecular complexity index is 1230. The number of aromatic nitrogens is 2. The Labute approximate surface area is 209 Å². The number of amides is 3. The first-order valence-electron chi connectivity index (χ1n) is 11.4. The van der Waals surface area contributed by atoms with Gasteiger partial charge in [0.2, 0.25) is 0 Å². The first kappa shape index (κ1) is 26.4. The normalized spacial score (nSPS) is 19.7.